The van der Waals surface area contributed by atoms with Crippen LogP contribution in [0, 0.1) is 17.7 Å². The summed E-state index contributed by atoms with van der Waals surface area (Å²) in [5, 5.41) is 5.94. The molecule has 5 nitrogen and oxygen atoms in total. The Morgan fingerprint density at radius 3 is 2.48 bits per heavy atom. The normalized spacial score (nSPS) is 16.9. The highest BCUT2D eigenvalue weighted by molar-refractivity contribution is 5.79. The molecule has 27 heavy (non-hydrogen) atoms. The number of nitrogens with one attached hydrogen (secondary N) is 2. The van der Waals surface area contributed by atoms with Gasteiger partial charge in [-0.1, -0.05) is 32.0 Å². The molecule has 0 aliphatic carbocycles. The van der Waals surface area contributed by atoms with Crippen LogP contribution in [0.25, 0.3) is 0 Å². The highest BCUT2D eigenvalue weighted by Gasteiger charge is 2.26. The second-order valence-electron chi connectivity index (χ2n) is 7.78. The molecule has 2 amide bonds. The van der Waals surface area contributed by atoms with Gasteiger partial charge in [0.15, 0.2) is 0 Å². The van der Waals surface area contributed by atoms with Crippen LogP contribution in [0.5, 0.6) is 0 Å². The Labute approximate surface area is 161 Å². The largest absolute Gasteiger partial charge is 0.356 e. The lowest BCUT2D eigenvalue weighted by Crippen LogP contribution is -2.46. The topological polar surface area (TPSA) is 61.4 Å². The summed E-state index contributed by atoms with van der Waals surface area (Å²) >= 11 is 0. The molecular weight excluding hydrogens is 345 g/mol. The lowest BCUT2D eigenvalue weighted by atomic mass is 9.95. The number of amides is 2. The average Bonchev–Trinajstić information content (AvgIpc) is 2.63. The zero-order chi connectivity index (χ0) is 19.8. The zero-order valence-corrected chi connectivity index (χ0v) is 16.6. The third-order valence-electron chi connectivity index (χ3n) is 5.37. The first-order chi connectivity index (χ1) is 12.9. The van der Waals surface area contributed by atoms with E-state index in [0.717, 1.165) is 25.9 Å². The number of carbonyl (C=O) groups is 2. The Kier molecular flexibility index (Phi) is 8.23. The summed E-state index contributed by atoms with van der Waals surface area (Å²) in [6.07, 6.45) is 1.99. The van der Waals surface area contributed by atoms with Crippen LogP contribution in [0.4, 0.5) is 4.39 Å². The predicted molar refractivity (Wildman–Crippen MR) is 105 cm³/mol. The molecule has 6 heteroatoms. The third kappa shape index (κ3) is 6.94. The Hall–Kier alpha value is -1.95. The smallest absolute Gasteiger partial charge is 0.234 e. The summed E-state index contributed by atoms with van der Waals surface area (Å²) in [6.45, 7) is 8.50. The fourth-order valence-electron chi connectivity index (χ4n) is 3.19. The highest BCUT2D eigenvalue weighted by atomic mass is 19.1. The van der Waals surface area contributed by atoms with Gasteiger partial charge in [-0.3, -0.25) is 14.5 Å². The van der Waals surface area contributed by atoms with Crippen LogP contribution in [-0.4, -0.2) is 48.9 Å². The van der Waals surface area contributed by atoms with Gasteiger partial charge >= 0.3 is 0 Å². The number of benzene rings is 1. The van der Waals surface area contributed by atoms with E-state index in [2.05, 4.69) is 29.4 Å². The molecule has 1 aromatic rings. The minimum Gasteiger partial charge on any atom is -0.356 e. The summed E-state index contributed by atoms with van der Waals surface area (Å²) in [5.41, 5.74) is 0.620. The summed E-state index contributed by atoms with van der Waals surface area (Å²) in [7, 11) is 0. The van der Waals surface area contributed by atoms with E-state index >= 15 is 0 Å². The SMILES string of the molecule is CC(C)[C@H](C)NC(=O)CN1CCC(C(=O)NCCc2ccccc2F)CC1. The van der Waals surface area contributed by atoms with Gasteiger partial charge in [-0.25, -0.2) is 4.39 Å². The molecular formula is C21H32FN3O2. The average molecular weight is 378 g/mol. The van der Waals surface area contributed by atoms with Gasteiger partial charge in [-0.2, -0.15) is 0 Å². The van der Waals surface area contributed by atoms with Crippen LogP contribution in [0.2, 0.25) is 0 Å². The van der Waals surface area contributed by atoms with Gasteiger partial charge in [0.25, 0.3) is 0 Å². The fraction of sp³-hybridized carbons (Fsp3) is 0.619. The minimum atomic E-state index is -0.231. The molecule has 2 N–H and O–H groups in total. The quantitative estimate of drug-likeness (QED) is 0.731. The molecule has 0 unspecified atom stereocenters. The van der Waals surface area contributed by atoms with Gasteiger partial charge in [-0.05, 0) is 56.8 Å². The molecule has 1 aliphatic rings. The summed E-state index contributed by atoms with van der Waals surface area (Å²) in [4.78, 5) is 26.5. The molecule has 0 saturated carbocycles. The number of likely N-dealkylation sites (tertiary alicyclic amines) is 1. The number of carbonyl (C=O) groups excluding carboxylic acids is 2. The molecule has 1 atom stereocenters. The molecule has 0 radical (unpaired) electrons. The third-order valence-corrected chi connectivity index (χ3v) is 5.37. The van der Waals surface area contributed by atoms with Crippen molar-refractivity contribution in [1.29, 1.82) is 0 Å². The number of piperidine rings is 1. The van der Waals surface area contributed by atoms with Crippen molar-refractivity contribution in [3.8, 4) is 0 Å². The number of rotatable bonds is 8. The van der Waals surface area contributed by atoms with Crippen molar-refractivity contribution in [1.82, 2.24) is 15.5 Å². The predicted octanol–water partition coefficient (Wildman–Crippen LogP) is 2.36. The molecule has 1 aromatic carbocycles. The zero-order valence-electron chi connectivity index (χ0n) is 16.6. The van der Waals surface area contributed by atoms with Crippen LogP contribution >= 0.6 is 0 Å². The minimum absolute atomic E-state index is 0.0282. The van der Waals surface area contributed by atoms with Crippen molar-refractivity contribution in [2.24, 2.45) is 11.8 Å². The van der Waals surface area contributed by atoms with E-state index in [9.17, 15) is 14.0 Å². The van der Waals surface area contributed by atoms with Crippen molar-refractivity contribution in [3.63, 3.8) is 0 Å². The molecule has 0 spiro atoms. The molecule has 0 aromatic heterocycles. The van der Waals surface area contributed by atoms with Crippen LogP contribution in [0.15, 0.2) is 24.3 Å². The van der Waals surface area contributed by atoms with Gasteiger partial charge in [0.2, 0.25) is 11.8 Å². The highest BCUT2D eigenvalue weighted by Crippen LogP contribution is 2.17. The molecule has 0 bridgehead atoms. The fourth-order valence-corrected chi connectivity index (χ4v) is 3.19. The van der Waals surface area contributed by atoms with E-state index in [1.807, 2.05) is 6.92 Å². The molecule has 1 aliphatic heterocycles. The van der Waals surface area contributed by atoms with Crippen LogP contribution in [0.1, 0.15) is 39.2 Å². The van der Waals surface area contributed by atoms with Gasteiger partial charge in [0, 0.05) is 18.5 Å². The first-order valence-electron chi connectivity index (χ1n) is 9.89. The van der Waals surface area contributed by atoms with E-state index in [0.29, 0.717) is 31.0 Å². The molecule has 2 rings (SSSR count). The van der Waals surface area contributed by atoms with E-state index in [4.69, 9.17) is 0 Å². The van der Waals surface area contributed by atoms with Crippen molar-refractivity contribution < 1.29 is 14.0 Å². The second-order valence-corrected chi connectivity index (χ2v) is 7.78. The van der Waals surface area contributed by atoms with E-state index in [1.165, 1.54) is 6.07 Å². The standard InChI is InChI=1S/C21H32FN3O2/c1-15(2)16(3)24-20(26)14-25-12-9-18(10-13-25)21(27)23-11-8-17-6-4-5-7-19(17)22/h4-7,15-16,18H,8-14H2,1-3H3,(H,23,27)(H,24,26)/t16-/m0/s1. The Morgan fingerprint density at radius 1 is 1.19 bits per heavy atom. The second kappa shape index (κ2) is 10.4. The lowest BCUT2D eigenvalue weighted by Gasteiger charge is -2.31. The molecule has 1 fully saturated rings. The van der Waals surface area contributed by atoms with Gasteiger partial charge < -0.3 is 10.6 Å². The van der Waals surface area contributed by atoms with Crippen molar-refractivity contribution >= 4 is 11.8 Å². The Morgan fingerprint density at radius 2 is 1.85 bits per heavy atom. The van der Waals surface area contributed by atoms with Gasteiger partial charge in [0.05, 0.1) is 6.54 Å². The lowest BCUT2D eigenvalue weighted by molar-refractivity contribution is -0.127. The summed E-state index contributed by atoms with van der Waals surface area (Å²) < 4.78 is 13.6. The van der Waals surface area contributed by atoms with E-state index in [1.54, 1.807) is 18.2 Å². The molecule has 150 valence electrons. The van der Waals surface area contributed by atoms with Gasteiger partial charge in [0.1, 0.15) is 5.82 Å². The maximum atomic E-state index is 13.6. The van der Waals surface area contributed by atoms with Gasteiger partial charge in [-0.15, -0.1) is 0 Å². The van der Waals surface area contributed by atoms with E-state index < -0.39 is 0 Å². The van der Waals surface area contributed by atoms with Crippen LogP contribution < -0.4 is 10.6 Å². The summed E-state index contributed by atoms with van der Waals surface area (Å²) in [5.74, 6) is 0.227. The van der Waals surface area contributed by atoms with Crippen molar-refractivity contribution in [3.05, 3.63) is 35.6 Å². The Balaban J connectivity index is 1.66. The van der Waals surface area contributed by atoms with Crippen LogP contribution in [-0.2, 0) is 16.0 Å². The molecule has 1 heterocycles. The molecule has 1 saturated heterocycles. The van der Waals surface area contributed by atoms with Crippen LogP contribution in [0.3, 0.4) is 0 Å². The first-order valence-corrected chi connectivity index (χ1v) is 9.89. The monoisotopic (exact) mass is 377 g/mol. The summed E-state index contributed by atoms with van der Waals surface area (Å²) in [6, 6.07) is 6.80. The Bertz CT molecular complexity index is 628. The maximum absolute atomic E-state index is 13.6. The van der Waals surface area contributed by atoms with E-state index in [-0.39, 0.29) is 29.6 Å². The maximum Gasteiger partial charge on any atom is 0.234 e. The number of hydrogen-bond donors (Lipinski definition) is 2. The first kappa shape index (κ1) is 21.4. The number of nitrogens with zero attached hydrogens (tertiary/aromatic N) is 1. The van der Waals surface area contributed by atoms with Crippen molar-refractivity contribution in [2.75, 3.05) is 26.2 Å². The number of halogens is 1. The number of hydrogen-bond acceptors (Lipinski definition) is 3. The van der Waals surface area contributed by atoms with Crippen molar-refractivity contribution in [2.45, 2.75) is 46.1 Å².